The first-order chi connectivity index (χ1) is 10.1. The summed E-state index contributed by atoms with van der Waals surface area (Å²) in [5, 5.41) is 6.02. The van der Waals surface area contributed by atoms with E-state index in [1.807, 2.05) is 6.07 Å². The summed E-state index contributed by atoms with van der Waals surface area (Å²) >= 11 is 0. The number of aldehydes is 1. The van der Waals surface area contributed by atoms with Gasteiger partial charge in [0.2, 0.25) is 0 Å². The molecule has 1 fully saturated rings. The number of carbonyl (C=O) groups is 1. The van der Waals surface area contributed by atoms with Crippen molar-refractivity contribution < 1.29 is 4.79 Å². The molecule has 0 amide bonds. The number of aromatic nitrogens is 2. The zero-order valence-corrected chi connectivity index (χ0v) is 12.5. The molecule has 4 heteroatoms. The molecule has 21 heavy (non-hydrogen) atoms. The lowest BCUT2D eigenvalue weighted by Gasteiger charge is -2.26. The van der Waals surface area contributed by atoms with E-state index in [4.69, 9.17) is 0 Å². The van der Waals surface area contributed by atoms with Gasteiger partial charge < -0.3 is 4.79 Å². The van der Waals surface area contributed by atoms with Crippen LogP contribution in [0.1, 0.15) is 56.2 Å². The minimum absolute atomic E-state index is 0.0128. The van der Waals surface area contributed by atoms with Crippen LogP contribution in [-0.4, -0.2) is 16.1 Å². The lowest BCUT2D eigenvalue weighted by atomic mass is 9.79. The maximum atomic E-state index is 12.4. The second kappa shape index (κ2) is 5.43. The molecule has 1 aliphatic carbocycles. The molecule has 4 nitrogen and oxygen atoms in total. The van der Waals surface area contributed by atoms with E-state index in [1.165, 1.54) is 29.5 Å². The molecule has 0 spiro atoms. The fourth-order valence-electron chi connectivity index (χ4n) is 2.94. The highest BCUT2D eigenvalue weighted by Gasteiger charge is 2.21. The van der Waals surface area contributed by atoms with Gasteiger partial charge in [-0.3, -0.25) is 4.79 Å². The fourth-order valence-corrected chi connectivity index (χ4v) is 2.94. The number of hydrogen-bond acceptors (Lipinski definition) is 3. The van der Waals surface area contributed by atoms with E-state index in [2.05, 4.69) is 31.1 Å². The van der Waals surface area contributed by atoms with Crippen LogP contribution < -0.4 is 5.56 Å². The molecule has 110 valence electrons. The quantitative estimate of drug-likeness (QED) is 0.811. The first-order valence-electron chi connectivity index (χ1n) is 7.60. The van der Waals surface area contributed by atoms with E-state index in [9.17, 15) is 9.59 Å². The molecule has 0 radical (unpaired) electrons. The van der Waals surface area contributed by atoms with Crippen LogP contribution in [0.25, 0.3) is 10.8 Å². The number of benzene rings is 1. The standard InChI is InChI=1S/C17H20N2O2/c1-11(2)16-15-10-13(12-4-3-5-12)6-7-14(15)17(21)19(18-16)8-9-20/h6-7,9-12H,3-5,8H2,1-2H3. The molecule has 1 heterocycles. The van der Waals surface area contributed by atoms with Gasteiger partial charge in [-0.2, -0.15) is 5.10 Å². The van der Waals surface area contributed by atoms with Crippen molar-refractivity contribution in [3.63, 3.8) is 0 Å². The summed E-state index contributed by atoms with van der Waals surface area (Å²) < 4.78 is 1.27. The minimum Gasteiger partial charge on any atom is -0.301 e. The summed E-state index contributed by atoms with van der Waals surface area (Å²) in [6.07, 6.45) is 4.47. The van der Waals surface area contributed by atoms with Crippen molar-refractivity contribution in [2.24, 2.45) is 0 Å². The maximum absolute atomic E-state index is 12.4. The Morgan fingerprint density at radius 3 is 2.67 bits per heavy atom. The van der Waals surface area contributed by atoms with Crippen molar-refractivity contribution in [2.45, 2.75) is 51.5 Å². The average Bonchev–Trinajstić information content (AvgIpc) is 2.40. The Morgan fingerprint density at radius 2 is 2.10 bits per heavy atom. The van der Waals surface area contributed by atoms with Crippen molar-refractivity contribution in [2.75, 3.05) is 0 Å². The molecule has 3 rings (SSSR count). The van der Waals surface area contributed by atoms with Gasteiger partial charge in [0, 0.05) is 5.39 Å². The fraction of sp³-hybridized carbons (Fsp3) is 0.471. The Morgan fingerprint density at radius 1 is 1.33 bits per heavy atom. The van der Waals surface area contributed by atoms with Crippen molar-refractivity contribution >= 4 is 17.1 Å². The van der Waals surface area contributed by atoms with Crippen LogP contribution in [0.3, 0.4) is 0 Å². The molecule has 1 saturated carbocycles. The third kappa shape index (κ3) is 2.39. The first-order valence-corrected chi connectivity index (χ1v) is 7.60. The third-order valence-electron chi connectivity index (χ3n) is 4.38. The molecule has 0 unspecified atom stereocenters. The predicted octanol–water partition coefficient (Wildman–Crippen LogP) is 2.99. The van der Waals surface area contributed by atoms with Crippen LogP contribution in [0.15, 0.2) is 23.0 Å². The Labute approximate surface area is 123 Å². The topological polar surface area (TPSA) is 52.0 Å². The summed E-state index contributed by atoms with van der Waals surface area (Å²) in [6, 6.07) is 6.09. The van der Waals surface area contributed by atoms with Crippen molar-refractivity contribution in [3.8, 4) is 0 Å². The predicted molar refractivity (Wildman–Crippen MR) is 82.7 cm³/mol. The summed E-state index contributed by atoms with van der Waals surface area (Å²) in [5.74, 6) is 0.842. The van der Waals surface area contributed by atoms with Crippen molar-refractivity contribution in [1.29, 1.82) is 0 Å². The van der Waals surface area contributed by atoms with E-state index in [0.29, 0.717) is 17.6 Å². The molecule has 0 N–H and O–H groups in total. The largest absolute Gasteiger partial charge is 0.301 e. The highest BCUT2D eigenvalue weighted by Crippen LogP contribution is 2.37. The lowest BCUT2D eigenvalue weighted by molar-refractivity contribution is -0.108. The summed E-state index contributed by atoms with van der Waals surface area (Å²) in [5.41, 5.74) is 2.03. The number of rotatable bonds is 4. The SMILES string of the molecule is CC(C)c1nn(CC=O)c(=O)c2ccc(C3CCC3)cc12. The smallest absolute Gasteiger partial charge is 0.275 e. The lowest BCUT2D eigenvalue weighted by Crippen LogP contribution is -2.25. The van der Waals surface area contributed by atoms with Crippen LogP contribution in [0.5, 0.6) is 0 Å². The first kappa shape index (κ1) is 14.0. The summed E-state index contributed by atoms with van der Waals surface area (Å²) in [7, 11) is 0. The summed E-state index contributed by atoms with van der Waals surface area (Å²) in [4.78, 5) is 23.1. The van der Waals surface area contributed by atoms with E-state index in [1.54, 1.807) is 0 Å². The average molecular weight is 284 g/mol. The highest BCUT2D eigenvalue weighted by atomic mass is 16.1. The van der Waals surface area contributed by atoms with E-state index in [0.717, 1.165) is 11.1 Å². The number of fused-ring (bicyclic) bond motifs is 1. The Bertz CT molecular complexity index is 742. The maximum Gasteiger partial charge on any atom is 0.275 e. The second-order valence-corrected chi connectivity index (χ2v) is 6.13. The zero-order valence-electron chi connectivity index (χ0n) is 12.5. The molecular formula is C17H20N2O2. The van der Waals surface area contributed by atoms with E-state index in [-0.39, 0.29) is 18.0 Å². The molecule has 1 aromatic carbocycles. The molecule has 1 aliphatic rings. The van der Waals surface area contributed by atoms with Gasteiger partial charge in [0.05, 0.1) is 11.1 Å². The molecular weight excluding hydrogens is 264 g/mol. The van der Waals surface area contributed by atoms with Gasteiger partial charge in [0.1, 0.15) is 12.8 Å². The molecule has 0 saturated heterocycles. The normalized spacial score (nSPS) is 15.4. The van der Waals surface area contributed by atoms with Crippen molar-refractivity contribution in [3.05, 3.63) is 39.8 Å². The van der Waals surface area contributed by atoms with Gasteiger partial charge in [-0.1, -0.05) is 26.3 Å². The molecule has 1 aromatic heterocycles. The van der Waals surface area contributed by atoms with Gasteiger partial charge in [-0.15, -0.1) is 0 Å². The van der Waals surface area contributed by atoms with Gasteiger partial charge in [0.15, 0.2) is 0 Å². The van der Waals surface area contributed by atoms with Crippen molar-refractivity contribution in [1.82, 2.24) is 9.78 Å². The second-order valence-electron chi connectivity index (χ2n) is 6.13. The molecule has 0 aliphatic heterocycles. The Hall–Kier alpha value is -1.97. The zero-order chi connectivity index (χ0) is 15.0. The van der Waals surface area contributed by atoms with E-state index < -0.39 is 0 Å². The highest BCUT2D eigenvalue weighted by molar-refractivity contribution is 5.85. The van der Waals surface area contributed by atoms with Gasteiger partial charge in [0.25, 0.3) is 5.56 Å². The number of nitrogens with zero attached hydrogens (tertiary/aromatic N) is 2. The monoisotopic (exact) mass is 284 g/mol. The van der Waals surface area contributed by atoms with Crippen LogP contribution in [0, 0.1) is 0 Å². The number of carbonyl (C=O) groups excluding carboxylic acids is 1. The minimum atomic E-state index is -0.179. The van der Waals surface area contributed by atoms with Crippen LogP contribution in [0.2, 0.25) is 0 Å². The Balaban J connectivity index is 2.24. The van der Waals surface area contributed by atoms with Gasteiger partial charge in [-0.05, 0) is 42.4 Å². The van der Waals surface area contributed by atoms with Crippen LogP contribution >= 0.6 is 0 Å². The molecule has 2 aromatic rings. The molecule has 0 bridgehead atoms. The molecule has 0 atom stereocenters. The summed E-state index contributed by atoms with van der Waals surface area (Å²) in [6.45, 7) is 4.14. The Kier molecular flexibility index (Phi) is 3.62. The third-order valence-corrected chi connectivity index (χ3v) is 4.38. The van der Waals surface area contributed by atoms with Gasteiger partial charge in [-0.25, -0.2) is 4.68 Å². The van der Waals surface area contributed by atoms with Gasteiger partial charge >= 0.3 is 0 Å². The van der Waals surface area contributed by atoms with Crippen LogP contribution in [0.4, 0.5) is 0 Å². The van der Waals surface area contributed by atoms with E-state index >= 15 is 0 Å². The number of hydrogen-bond donors (Lipinski definition) is 0. The van der Waals surface area contributed by atoms with Crippen LogP contribution in [-0.2, 0) is 11.3 Å².